The van der Waals surface area contributed by atoms with E-state index in [2.05, 4.69) is 0 Å². The summed E-state index contributed by atoms with van der Waals surface area (Å²) >= 11 is -0.319. The third-order valence-corrected chi connectivity index (χ3v) is 3.75. The fourth-order valence-corrected chi connectivity index (χ4v) is 2.08. The Bertz CT molecular complexity index is 489. The molecule has 112 valence electrons. The predicted molar refractivity (Wildman–Crippen MR) is 71.6 cm³/mol. The molecule has 0 bridgehead atoms. The lowest BCUT2D eigenvalue weighted by Crippen LogP contribution is -2.47. The van der Waals surface area contributed by atoms with Gasteiger partial charge in [-0.2, -0.15) is 13.2 Å². The first-order chi connectivity index (χ1) is 9.08. The van der Waals surface area contributed by atoms with Gasteiger partial charge in [-0.05, 0) is 37.7 Å². The van der Waals surface area contributed by atoms with Crippen LogP contribution in [0.4, 0.5) is 13.2 Å². The summed E-state index contributed by atoms with van der Waals surface area (Å²) in [5.41, 5.74) is -5.34. The van der Waals surface area contributed by atoms with Crippen molar-refractivity contribution in [3.63, 3.8) is 0 Å². The first-order valence-corrected chi connectivity index (χ1v) is 6.64. The molecule has 7 heteroatoms. The highest BCUT2D eigenvalue weighted by Crippen LogP contribution is 2.38. The maximum absolute atomic E-state index is 12.5. The van der Waals surface area contributed by atoms with E-state index in [-0.39, 0.29) is 28.8 Å². The second-order valence-corrected chi connectivity index (χ2v) is 5.99. The van der Waals surface area contributed by atoms with Gasteiger partial charge in [0.05, 0.1) is 17.7 Å². The average molecular weight is 307 g/mol. The number of alkyl halides is 3. The van der Waals surface area contributed by atoms with Crippen LogP contribution in [-0.2, 0) is 0 Å². The van der Waals surface area contributed by atoms with Crippen LogP contribution in [0.3, 0.4) is 0 Å². The molecule has 1 N–H and O–H groups in total. The molecule has 0 atom stereocenters. The Balaban J connectivity index is 3.11. The Morgan fingerprint density at radius 1 is 1.30 bits per heavy atom. The van der Waals surface area contributed by atoms with E-state index in [4.69, 9.17) is 0 Å². The highest BCUT2D eigenvalue weighted by Gasteiger charge is 2.33. The van der Waals surface area contributed by atoms with Gasteiger partial charge in [-0.15, -0.1) is 0 Å². The highest BCUT2D eigenvalue weighted by atomic mass is 32.2. The van der Waals surface area contributed by atoms with Crippen LogP contribution >= 0.6 is 11.8 Å². The average Bonchev–Trinajstić information content (AvgIpc) is 2.35. The van der Waals surface area contributed by atoms with Crippen molar-refractivity contribution in [2.75, 3.05) is 13.7 Å². The second kappa shape index (κ2) is 6.05. The number of halogens is 3. The number of hydrogen-bond acceptors (Lipinski definition) is 3. The molecule has 0 saturated heterocycles. The quantitative estimate of drug-likeness (QED) is 0.869. The van der Waals surface area contributed by atoms with E-state index in [0.29, 0.717) is 0 Å². The van der Waals surface area contributed by atoms with Crippen LogP contribution in [0.5, 0.6) is 0 Å². The van der Waals surface area contributed by atoms with E-state index in [9.17, 15) is 23.1 Å². The molecule has 0 saturated carbocycles. The zero-order valence-corrected chi connectivity index (χ0v) is 12.2. The summed E-state index contributed by atoms with van der Waals surface area (Å²) in [6, 6.07) is 5.56. The molecular formula is C13H16F3NO2S. The molecule has 0 heterocycles. The minimum Gasteiger partial charge on any atom is -0.394 e. The lowest BCUT2D eigenvalue weighted by molar-refractivity contribution is -0.0328. The standard InChI is InChI=1S/C13H16F3NO2S/c1-12(2,8-18)17(3)11(19)9-6-4-5-7-10(9)20-13(14,15)16/h4-7,18H,8H2,1-3H3. The van der Waals surface area contributed by atoms with Gasteiger partial charge in [-0.25, -0.2) is 0 Å². The van der Waals surface area contributed by atoms with Crippen molar-refractivity contribution < 1.29 is 23.1 Å². The number of benzene rings is 1. The molecule has 0 aliphatic heterocycles. The Kier molecular flexibility index (Phi) is 5.10. The molecule has 0 spiro atoms. The van der Waals surface area contributed by atoms with Gasteiger partial charge in [0.2, 0.25) is 0 Å². The van der Waals surface area contributed by atoms with Crippen LogP contribution in [0.1, 0.15) is 24.2 Å². The van der Waals surface area contributed by atoms with E-state index in [1.807, 2.05) is 0 Å². The number of nitrogens with zero attached hydrogens (tertiary/aromatic N) is 1. The molecule has 0 fully saturated rings. The van der Waals surface area contributed by atoms with E-state index >= 15 is 0 Å². The third-order valence-electron chi connectivity index (χ3n) is 2.94. The van der Waals surface area contributed by atoms with Crippen LogP contribution in [0, 0.1) is 0 Å². The summed E-state index contributed by atoms with van der Waals surface area (Å²) in [5, 5.41) is 9.24. The number of hydrogen-bond donors (Lipinski definition) is 1. The van der Waals surface area contributed by atoms with Crippen molar-refractivity contribution in [2.24, 2.45) is 0 Å². The number of aliphatic hydroxyl groups is 1. The fraction of sp³-hybridized carbons (Fsp3) is 0.462. The number of likely N-dealkylation sites (N-methyl/N-ethyl adjacent to an activating group) is 1. The number of thioether (sulfide) groups is 1. The van der Waals surface area contributed by atoms with Crippen LogP contribution < -0.4 is 0 Å². The maximum atomic E-state index is 12.5. The molecule has 3 nitrogen and oxygen atoms in total. The molecule has 0 unspecified atom stereocenters. The van der Waals surface area contributed by atoms with Gasteiger partial charge in [0, 0.05) is 11.9 Å². The Hall–Kier alpha value is -1.21. The molecule has 0 aliphatic rings. The Morgan fingerprint density at radius 2 is 1.85 bits per heavy atom. The van der Waals surface area contributed by atoms with Gasteiger partial charge in [0.1, 0.15) is 0 Å². The fourth-order valence-electron chi connectivity index (χ4n) is 1.42. The lowest BCUT2D eigenvalue weighted by atomic mass is 10.0. The van der Waals surface area contributed by atoms with E-state index in [1.54, 1.807) is 13.8 Å². The first kappa shape index (κ1) is 16.8. The highest BCUT2D eigenvalue weighted by molar-refractivity contribution is 8.00. The molecule has 20 heavy (non-hydrogen) atoms. The summed E-state index contributed by atoms with van der Waals surface area (Å²) in [7, 11) is 1.45. The molecular weight excluding hydrogens is 291 g/mol. The first-order valence-electron chi connectivity index (χ1n) is 5.82. The number of carbonyl (C=O) groups excluding carboxylic acids is 1. The van der Waals surface area contributed by atoms with Gasteiger partial charge >= 0.3 is 5.51 Å². The van der Waals surface area contributed by atoms with Crippen molar-refractivity contribution in [2.45, 2.75) is 29.8 Å². The van der Waals surface area contributed by atoms with Gasteiger partial charge in [-0.1, -0.05) is 12.1 Å². The molecule has 1 aromatic carbocycles. The zero-order valence-electron chi connectivity index (χ0n) is 11.4. The van der Waals surface area contributed by atoms with Gasteiger partial charge in [0.15, 0.2) is 0 Å². The molecule has 1 amide bonds. The summed E-state index contributed by atoms with van der Waals surface area (Å²) < 4.78 is 37.5. The summed E-state index contributed by atoms with van der Waals surface area (Å²) in [5.74, 6) is -0.559. The molecule has 1 rings (SSSR count). The van der Waals surface area contributed by atoms with Crippen LogP contribution in [-0.4, -0.2) is 40.6 Å². The summed E-state index contributed by atoms with van der Waals surface area (Å²) in [6.45, 7) is 2.97. The van der Waals surface area contributed by atoms with Crippen molar-refractivity contribution in [1.29, 1.82) is 0 Å². The number of carbonyl (C=O) groups is 1. The molecule has 0 aliphatic carbocycles. The minimum atomic E-state index is -4.46. The van der Waals surface area contributed by atoms with Crippen LogP contribution in [0.2, 0.25) is 0 Å². The normalized spacial score (nSPS) is 12.3. The molecule has 0 radical (unpaired) electrons. The smallest absolute Gasteiger partial charge is 0.394 e. The van der Waals surface area contributed by atoms with Crippen molar-refractivity contribution >= 4 is 17.7 Å². The van der Waals surface area contributed by atoms with E-state index in [1.165, 1.54) is 36.2 Å². The lowest BCUT2D eigenvalue weighted by Gasteiger charge is -2.34. The molecule has 1 aromatic rings. The Morgan fingerprint density at radius 3 is 2.35 bits per heavy atom. The van der Waals surface area contributed by atoms with Crippen molar-refractivity contribution in [3.8, 4) is 0 Å². The number of amides is 1. The van der Waals surface area contributed by atoms with E-state index < -0.39 is 17.0 Å². The van der Waals surface area contributed by atoms with E-state index in [0.717, 1.165) is 0 Å². The minimum absolute atomic E-state index is 0.0288. The van der Waals surface area contributed by atoms with Gasteiger partial charge in [0.25, 0.3) is 5.91 Å². The number of aliphatic hydroxyl groups excluding tert-OH is 1. The molecule has 0 aromatic heterocycles. The topological polar surface area (TPSA) is 40.5 Å². The second-order valence-electron chi connectivity index (χ2n) is 4.88. The predicted octanol–water partition coefficient (Wildman–Crippen LogP) is 3.14. The summed E-state index contributed by atoms with van der Waals surface area (Å²) in [4.78, 5) is 13.4. The number of rotatable bonds is 4. The largest absolute Gasteiger partial charge is 0.446 e. The van der Waals surface area contributed by atoms with Crippen molar-refractivity contribution in [1.82, 2.24) is 4.90 Å². The Labute approximate surface area is 119 Å². The maximum Gasteiger partial charge on any atom is 0.446 e. The van der Waals surface area contributed by atoms with Crippen molar-refractivity contribution in [3.05, 3.63) is 29.8 Å². The third kappa shape index (κ3) is 4.14. The van der Waals surface area contributed by atoms with Gasteiger partial charge in [-0.3, -0.25) is 4.79 Å². The van der Waals surface area contributed by atoms with Crippen LogP contribution in [0.25, 0.3) is 0 Å². The zero-order chi connectivity index (χ0) is 15.6. The summed E-state index contributed by atoms with van der Waals surface area (Å²) in [6.07, 6.45) is 0. The monoisotopic (exact) mass is 307 g/mol. The van der Waals surface area contributed by atoms with Gasteiger partial charge < -0.3 is 10.0 Å². The van der Waals surface area contributed by atoms with Crippen LogP contribution in [0.15, 0.2) is 29.2 Å². The SMILES string of the molecule is CN(C(=O)c1ccccc1SC(F)(F)F)C(C)(C)CO.